The lowest BCUT2D eigenvalue weighted by Gasteiger charge is -2.35. The lowest BCUT2D eigenvalue weighted by Crippen LogP contribution is -2.47. The topological polar surface area (TPSA) is 80.4 Å². The van der Waals surface area contributed by atoms with Crippen molar-refractivity contribution in [3.8, 4) is 0 Å². The molecule has 0 unspecified atom stereocenters. The first kappa shape index (κ1) is 18.3. The summed E-state index contributed by atoms with van der Waals surface area (Å²) in [5, 5.41) is 3.94. The van der Waals surface area contributed by atoms with Crippen molar-refractivity contribution in [3.05, 3.63) is 29.0 Å². The van der Waals surface area contributed by atoms with Crippen molar-refractivity contribution < 1.29 is 18.4 Å². The molecule has 2 aliphatic rings. The molecule has 1 fully saturated rings. The molecule has 10 heteroatoms. The Balaban J connectivity index is 1.64. The number of aromatic nitrogens is 3. The van der Waals surface area contributed by atoms with Crippen LogP contribution < -0.4 is 5.69 Å². The second kappa shape index (κ2) is 7.38. The number of amides is 2. The third kappa shape index (κ3) is 3.54. The van der Waals surface area contributed by atoms with Crippen LogP contribution in [-0.4, -0.2) is 62.0 Å². The van der Waals surface area contributed by atoms with Gasteiger partial charge >= 0.3 is 5.69 Å². The van der Waals surface area contributed by atoms with E-state index in [4.69, 9.17) is 0 Å². The molecule has 3 rings (SSSR count). The molecule has 0 aliphatic carbocycles. The molecular formula is C16H21F2N5O3. The quantitative estimate of drug-likeness (QED) is 0.704. The number of carbonyl (C=O) groups excluding carboxylic acids is 2. The Hall–Kier alpha value is -2.52. The largest absolute Gasteiger partial charge is 0.346 e. The van der Waals surface area contributed by atoms with Crippen molar-refractivity contribution in [1.29, 1.82) is 0 Å². The summed E-state index contributed by atoms with van der Waals surface area (Å²) in [6.45, 7) is 4.45. The maximum Gasteiger partial charge on any atom is 0.346 e. The number of likely N-dealkylation sites (tertiary alicyclic amines) is 1. The molecule has 0 N–H and O–H groups in total. The minimum Gasteiger partial charge on any atom is -0.339 e. The number of hydrogen-bond donors (Lipinski definition) is 0. The van der Waals surface area contributed by atoms with E-state index in [1.54, 1.807) is 9.80 Å². The number of rotatable bonds is 4. The molecule has 1 aromatic heterocycles. The molecule has 26 heavy (non-hydrogen) atoms. The van der Waals surface area contributed by atoms with Gasteiger partial charge in [-0.15, -0.1) is 0 Å². The third-order valence-electron chi connectivity index (χ3n) is 4.88. The molecule has 8 nitrogen and oxygen atoms in total. The van der Waals surface area contributed by atoms with E-state index in [0.717, 1.165) is 4.68 Å². The first-order valence-corrected chi connectivity index (χ1v) is 8.55. The Morgan fingerprint density at radius 1 is 1.19 bits per heavy atom. The first-order valence-electron chi connectivity index (χ1n) is 8.55. The van der Waals surface area contributed by atoms with E-state index in [0.29, 0.717) is 38.3 Å². The Kier molecular flexibility index (Phi) is 5.19. The van der Waals surface area contributed by atoms with Gasteiger partial charge < -0.3 is 9.80 Å². The van der Waals surface area contributed by atoms with Gasteiger partial charge in [0.25, 0.3) is 6.43 Å². The van der Waals surface area contributed by atoms with Crippen LogP contribution in [0.4, 0.5) is 8.78 Å². The summed E-state index contributed by atoms with van der Waals surface area (Å²) >= 11 is 0. The van der Waals surface area contributed by atoms with Crippen LogP contribution in [0, 0.1) is 5.92 Å². The van der Waals surface area contributed by atoms with Crippen LogP contribution in [0.2, 0.25) is 0 Å². The van der Waals surface area contributed by atoms with Crippen LogP contribution in [0.3, 0.4) is 0 Å². The number of nitrogens with zero attached hydrogens (tertiary/aromatic N) is 5. The van der Waals surface area contributed by atoms with Crippen LogP contribution in [0.1, 0.15) is 18.7 Å². The molecule has 0 bridgehead atoms. The van der Waals surface area contributed by atoms with Crippen molar-refractivity contribution in [1.82, 2.24) is 24.1 Å². The van der Waals surface area contributed by atoms with E-state index in [2.05, 4.69) is 11.7 Å². The summed E-state index contributed by atoms with van der Waals surface area (Å²) in [5.74, 6) is -0.0416. The van der Waals surface area contributed by atoms with Crippen molar-refractivity contribution >= 4 is 11.8 Å². The number of piperidine rings is 1. The SMILES string of the molecule is C=CC(=O)N1CCC(C(=O)N2CCn3c(nn(CC(F)F)c3=O)C2)CC1. The van der Waals surface area contributed by atoms with Crippen molar-refractivity contribution in [2.75, 3.05) is 19.6 Å². The fourth-order valence-corrected chi connectivity index (χ4v) is 3.47. The van der Waals surface area contributed by atoms with Crippen molar-refractivity contribution in [2.45, 2.75) is 38.9 Å². The Bertz CT molecular complexity index is 764. The molecule has 0 atom stereocenters. The Morgan fingerprint density at radius 2 is 1.88 bits per heavy atom. The monoisotopic (exact) mass is 369 g/mol. The average Bonchev–Trinajstić information content (AvgIpc) is 2.95. The molecule has 0 radical (unpaired) electrons. The predicted molar refractivity (Wildman–Crippen MR) is 87.4 cm³/mol. The average molecular weight is 369 g/mol. The highest BCUT2D eigenvalue weighted by molar-refractivity contribution is 5.87. The van der Waals surface area contributed by atoms with Crippen LogP contribution in [0.25, 0.3) is 0 Å². The molecule has 1 aromatic rings. The molecular weight excluding hydrogens is 348 g/mol. The molecule has 0 aromatic carbocycles. The highest BCUT2D eigenvalue weighted by Gasteiger charge is 2.32. The fourth-order valence-electron chi connectivity index (χ4n) is 3.47. The third-order valence-corrected chi connectivity index (χ3v) is 4.88. The maximum atomic E-state index is 12.7. The summed E-state index contributed by atoms with van der Waals surface area (Å²) in [6, 6.07) is 0. The molecule has 1 saturated heterocycles. The standard InChI is InChI=1S/C16H21F2N5O3/c1-2-14(24)20-5-3-11(4-6-20)15(25)21-7-8-22-13(10-21)19-23(16(22)26)9-12(17)18/h2,11-12H,1,3-10H2. The molecule has 0 spiro atoms. The molecule has 2 aliphatic heterocycles. The summed E-state index contributed by atoms with van der Waals surface area (Å²) in [6.07, 6.45) is -0.254. The zero-order chi connectivity index (χ0) is 18.8. The van der Waals surface area contributed by atoms with Crippen LogP contribution >= 0.6 is 0 Å². The summed E-state index contributed by atoms with van der Waals surface area (Å²) in [7, 11) is 0. The minimum atomic E-state index is -2.66. The zero-order valence-corrected chi connectivity index (χ0v) is 14.3. The first-order chi connectivity index (χ1) is 12.4. The second-order valence-corrected chi connectivity index (χ2v) is 6.49. The van der Waals surface area contributed by atoms with Crippen molar-refractivity contribution in [3.63, 3.8) is 0 Å². The van der Waals surface area contributed by atoms with Gasteiger partial charge in [0.15, 0.2) is 5.82 Å². The molecule has 2 amide bonds. The van der Waals surface area contributed by atoms with Gasteiger partial charge in [0.05, 0.1) is 6.54 Å². The minimum absolute atomic E-state index is 0.0437. The van der Waals surface area contributed by atoms with Gasteiger partial charge in [0.2, 0.25) is 11.8 Å². The van der Waals surface area contributed by atoms with E-state index < -0.39 is 18.7 Å². The second-order valence-electron chi connectivity index (χ2n) is 6.49. The highest BCUT2D eigenvalue weighted by Crippen LogP contribution is 2.22. The van der Waals surface area contributed by atoms with E-state index in [9.17, 15) is 23.2 Å². The van der Waals surface area contributed by atoms with E-state index in [1.807, 2.05) is 0 Å². The van der Waals surface area contributed by atoms with Gasteiger partial charge in [-0.2, -0.15) is 5.10 Å². The maximum absolute atomic E-state index is 12.7. The summed E-state index contributed by atoms with van der Waals surface area (Å²) in [5.41, 5.74) is -0.566. The molecule has 3 heterocycles. The number of carbonyl (C=O) groups is 2. The highest BCUT2D eigenvalue weighted by atomic mass is 19.3. The predicted octanol–water partition coefficient (Wildman–Crippen LogP) is 0.0767. The Morgan fingerprint density at radius 3 is 2.50 bits per heavy atom. The van der Waals surface area contributed by atoms with E-state index in [-0.39, 0.29) is 30.8 Å². The van der Waals surface area contributed by atoms with Gasteiger partial charge in [0, 0.05) is 32.1 Å². The molecule has 0 saturated carbocycles. The summed E-state index contributed by atoms with van der Waals surface area (Å²) < 4.78 is 27.1. The van der Waals surface area contributed by atoms with Crippen LogP contribution in [0.15, 0.2) is 17.4 Å². The van der Waals surface area contributed by atoms with Crippen molar-refractivity contribution in [2.24, 2.45) is 5.92 Å². The lowest BCUT2D eigenvalue weighted by molar-refractivity contribution is -0.140. The van der Waals surface area contributed by atoms with Crippen LogP contribution in [0.5, 0.6) is 0 Å². The number of hydrogen-bond acceptors (Lipinski definition) is 4. The number of fused-ring (bicyclic) bond motifs is 1. The number of alkyl halides is 2. The smallest absolute Gasteiger partial charge is 0.339 e. The molecule has 142 valence electrons. The van der Waals surface area contributed by atoms with E-state index in [1.165, 1.54) is 10.6 Å². The normalized spacial score (nSPS) is 18.1. The van der Waals surface area contributed by atoms with Gasteiger partial charge in [-0.05, 0) is 18.9 Å². The summed E-state index contributed by atoms with van der Waals surface area (Å²) in [4.78, 5) is 39.7. The fraction of sp³-hybridized carbons (Fsp3) is 0.625. The zero-order valence-electron chi connectivity index (χ0n) is 14.3. The van der Waals surface area contributed by atoms with Crippen LogP contribution in [-0.2, 0) is 29.2 Å². The van der Waals surface area contributed by atoms with Gasteiger partial charge in [-0.1, -0.05) is 6.58 Å². The van der Waals surface area contributed by atoms with Gasteiger partial charge in [-0.3, -0.25) is 14.2 Å². The number of halogens is 2. The van der Waals surface area contributed by atoms with Gasteiger partial charge in [0.1, 0.15) is 6.54 Å². The Labute approximate surface area is 148 Å². The van der Waals surface area contributed by atoms with Gasteiger partial charge in [-0.25, -0.2) is 18.3 Å². The lowest BCUT2D eigenvalue weighted by atomic mass is 9.95. The van der Waals surface area contributed by atoms with E-state index >= 15 is 0 Å².